The van der Waals surface area contributed by atoms with Crippen LogP contribution in [0.1, 0.15) is 40.0 Å². The van der Waals surface area contributed by atoms with Gasteiger partial charge >= 0.3 is 0 Å². The fourth-order valence-electron chi connectivity index (χ4n) is 3.16. The molecule has 0 radical (unpaired) electrons. The maximum atomic E-state index is 12.5. The number of carbonyl (C=O) groups is 1. The first-order valence-electron chi connectivity index (χ1n) is 8.85. The van der Waals surface area contributed by atoms with Crippen molar-refractivity contribution in [3.8, 4) is 11.5 Å². The molecule has 1 amide bonds. The fourth-order valence-corrected chi connectivity index (χ4v) is 3.16. The van der Waals surface area contributed by atoms with E-state index in [1.165, 1.54) is 0 Å². The van der Waals surface area contributed by atoms with E-state index in [1.807, 2.05) is 32.0 Å². The number of ether oxygens (including phenoxy) is 2. The zero-order chi connectivity index (χ0) is 17.5. The topological polar surface area (TPSA) is 59.6 Å². The Labute approximate surface area is 145 Å². The van der Waals surface area contributed by atoms with E-state index >= 15 is 0 Å². The molecule has 1 aromatic carbocycles. The van der Waals surface area contributed by atoms with Gasteiger partial charge in [0.1, 0.15) is 11.5 Å². The first-order chi connectivity index (χ1) is 11.5. The summed E-state index contributed by atoms with van der Waals surface area (Å²) in [6, 6.07) is 5.49. The highest BCUT2D eigenvalue weighted by Gasteiger charge is 2.22. The highest BCUT2D eigenvalue weighted by atomic mass is 16.5. The molecule has 0 aliphatic carbocycles. The molecule has 134 valence electrons. The maximum absolute atomic E-state index is 12.5. The van der Waals surface area contributed by atoms with E-state index in [9.17, 15) is 4.79 Å². The van der Waals surface area contributed by atoms with Gasteiger partial charge in [-0.05, 0) is 63.7 Å². The van der Waals surface area contributed by atoms with Crippen LogP contribution in [0.4, 0.5) is 5.69 Å². The van der Waals surface area contributed by atoms with Crippen molar-refractivity contribution in [2.45, 2.75) is 46.1 Å². The predicted molar refractivity (Wildman–Crippen MR) is 96.8 cm³/mol. The quantitative estimate of drug-likeness (QED) is 0.802. The highest BCUT2D eigenvalue weighted by molar-refractivity contribution is 5.92. The minimum atomic E-state index is 0.0305. The lowest BCUT2D eigenvalue weighted by Gasteiger charge is -2.28. The van der Waals surface area contributed by atoms with Crippen LogP contribution in [0.15, 0.2) is 18.2 Å². The molecule has 0 spiro atoms. The summed E-state index contributed by atoms with van der Waals surface area (Å²) >= 11 is 0. The van der Waals surface area contributed by atoms with Crippen LogP contribution in [0, 0.1) is 11.8 Å². The summed E-state index contributed by atoms with van der Waals surface area (Å²) in [5.74, 6) is 2.41. The molecular weight excluding hydrogens is 304 g/mol. The van der Waals surface area contributed by atoms with Crippen molar-refractivity contribution in [2.24, 2.45) is 11.8 Å². The minimum Gasteiger partial charge on any atom is -0.497 e. The molecule has 1 atom stereocenters. The van der Waals surface area contributed by atoms with Gasteiger partial charge < -0.3 is 20.1 Å². The van der Waals surface area contributed by atoms with Gasteiger partial charge in [-0.1, -0.05) is 6.92 Å². The first-order valence-corrected chi connectivity index (χ1v) is 8.85. The molecule has 0 bridgehead atoms. The van der Waals surface area contributed by atoms with Crippen molar-refractivity contribution in [1.29, 1.82) is 0 Å². The molecule has 5 nitrogen and oxygen atoms in total. The van der Waals surface area contributed by atoms with Crippen LogP contribution in [-0.4, -0.2) is 32.2 Å². The lowest BCUT2D eigenvalue weighted by Crippen LogP contribution is -2.32. The minimum absolute atomic E-state index is 0.0305. The molecule has 2 N–H and O–H groups in total. The summed E-state index contributed by atoms with van der Waals surface area (Å²) in [5, 5.41) is 6.37. The zero-order valence-corrected chi connectivity index (χ0v) is 15.2. The van der Waals surface area contributed by atoms with Crippen LogP contribution in [-0.2, 0) is 4.79 Å². The smallest absolute Gasteiger partial charge is 0.224 e. The summed E-state index contributed by atoms with van der Waals surface area (Å²) in [5.41, 5.74) is 0.672. The lowest BCUT2D eigenvalue weighted by atomic mass is 9.84. The number of carbonyl (C=O) groups excluding carboxylic acids is 1. The lowest BCUT2D eigenvalue weighted by molar-refractivity contribution is -0.117. The molecular formula is C19H30N2O3. The summed E-state index contributed by atoms with van der Waals surface area (Å²) in [7, 11) is 1.61. The number of nitrogens with one attached hydrogen (secondary N) is 2. The molecule has 0 saturated carbocycles. The van der Waals surface area contributed by atoms with Crippen LogP contribution in [0.5, 0.6) is 11.5 Å². The third-order valence-corrected chi connectivity index (χ3v) is 4.52. The predicted octanol–water partition coefficient (Wildman–Crippen LogP) is 3.45. The van der Waals surface area contributed by atoms with Gasteiger partial charge in [0.2, 0.25) is 5.91 Å². The summed E-state index contributed by atoms with van der Waals surface area (Å²) in [6.07, 6.45) is 2.87. The van der Waals surface area contributed by atoms with Crippen LogP contribution >= 0.6 is 0 Å². The molecule has 2 rings (SSSR count). The number of hydrogen-bond donors (Lipinski definition) is 2. The number of anilines is 1. The van der Waals surface area contributed by atoms with Gasteiger partial charge in [0.05, 0.1) is 18.9 Å². The van der Waals surface area contributed by atoms with Gasteiger partial charge in [0.15, 0.2) is 0 Å². The Balaban J connectivity index is 2.01. The van der Waals surface area contributed by atoms with Crippen LogP contribution in [0.3, 0.4) is 0 Å². The van der Waals surface area contributed by atoms with Crippen molar-refractivity contribution in [2.75, 3.05) is 25.5 Å². The SMILES string of the molecule is COc1ccc(OC(C)C)c(NC(=O)CC(C)C2CCNCC2)c1. The molecule has 24 heavy (non-hydrogen) atoms. The summed E-state index contributed by atoms with van der Waals surface area (Å²) < 4.78 is 11.0. The second-order valence-corrected chi connectivity index (χ2v) is 6.85. The summed E-state index contributed by atoms with van der Waals surface area (Å²) in [4.78, 5) is 12.5. The van der Waals surface area contributed by atoms with Crippen LogP contribution < -0.4 is 20.1 Å². The van der Waals surface area contributed by atoms with Gasteiger partial charge in [-0.15, -0.1) is 0 Å². The molecule has 1 aliphatic rings. The Hall–Kier alpha value is -1.75. The monoisotopic (exact) mass is 334 g/mol. The maximum Gasteiger partial charge on any atom is 0.224 e. The molecule has 1 fully saturated rings. The number of amides is 1. The van der Waals surface area contributed by atoms with Gasteiger partial charge in [-0.3, -0.25) is 4.79 Å². The van der Waals surface area contributed by atoms with Crippen LogP contribution in [0.25, 0.3) is 0 Å². The molecule has 5 heteroatoms. The van der Waals surface area contributed by atoms with E-state index in [1.54, 1.807) is 7.11 Å². The van der Waals surface area contributed by atoms with E-state index in [-0.39, 0.29) is 12.0 Å². The van der Waals surface area contributed by atoms with Crippen molar-refractivity contribution in [3.05, 3.63) is 18.2 Å². The number of methoxy groups -OCH3 is 1. The normalized spacial score (nSPS) is 16.7. The highest BCUT2D eigenvalue weighted by Crippen LogP contribution is 2.31. The van der Waals surface area contributed by atoms with Crippen molar-refractivity contribution in [3.63, 3.8) is 0 Å². The third-order valence-electron chi connectivity index (χ3n) is 4.52. The molecule has 1 unspecified atom stereocenters. The second-order valence-electron chi connectivity index (χ2n) is 6.85. The molecule has 1 saturated heterocycles. The van der Waals surface area contributed by atoms with Crippen molar-refractivity contribution < 1.29 is 14.3 Å². The van der Waals surface area contributed by atoms with E-state index in [2.05, 4.69) is 17.6 Å². The van der Waals surface area contributed by atoms with E-state index in [4.69, 9.17) is 9.47 Å². The van der Waals surface area contributed by atoms with Gasteiger partial charge in [-0.2, -0.15) is 0 Å². The molecule has 1 aromatic rings. The number of rotatable bonds is 7. The fraction of sp³-hybridized carbons (Fsp3) is 0.632. The zero-order valence-electron chi connectivity index (χ0n) is 15.2. The first kappa shape index (κ1) is 18.6. The molecule has 0 aromatic heterocycles. The average molecular weight is 334 g/mol. The van der Waals surface area contributed by atoms with Gasteiger partial charge in [0.25, 0.3) is 0 Å². The van der Waals surface area contributed by atoms with Crippen LogP contribution in [0.2, 0.25) is 0 Å². The number of hydrogen-bond acceptors (Lipinski definition) is 4. The van der Waals surface area contributed by atoms with Crippen molar-refractivity contribution >= 4 is 11.6 Å². The average Bonchev–Trinajstić information content (AvgIpc) is 2.56. The Morgan fingerprint density at radius 3 is 2.62 bits per heavy atom. The van der Waals surface area contributed by atoms with E-state index in [0.717, 1.165) is 25.9 Å². The second kappa shape index (κ2) is 8.92. The molecule has 1 aliphatic heterocycles. The van der Waals surface area contributed by atoms with E-state index in [0.29, 0.717) is 35.4 Å². The number of benzene rings is 1. The number of piperidine rings is 1. The Morgan fingerprint density at radius 2 is 2.00 bits per heavy atom. The Kier molecular flexibility index (Phi) is 6.91. The van der Waals surface area contributed by atoms with Crippen molar-refractivity contribution in [1.82, 2.24) is 5.32 Å². The summed E-state index contributed by atoms with van der Waals surface area (Å²) in [6.45, 7) is 8.22. The molecule has 1 heterocycles. The largest absolute Gasteiger partial charge is 0.497 e. The standard InChI is InChI=1S/C19H30N2O3/c1-13(2)24-18-6-5-16(23-4)12-17(18)21-19(22)11-14(3)15-7-9-20-10-8-15/h5-6,12-15,20H,7-11H2,1-4H3,(H,21,22). The van der Waals surface area contributed by atoms with Gasteiger partial charge in [0, 0.05) is 12.5 Å². The Morgan fingerprint density at radius 1 is 1.29 bits per heavy atom. The van der Waals surface area contributed by atoms with Gasteiger partial charge in [-0.25, -0.2) is 0 Å². The third kappa shape index (κ3) is 5.41. The van der Waals surface area contributed by atoms with E-state index < -0.39 is 0 Å². The Bertz CT molecular complexity index is 539.